The molecule has 0 saturated heterocycles. The Morgan fingerprint density at radius 3 is 0.714 bits per heavy atom. The van der Waals surface area contributed by atoms with Crippen LogP contribution in [-0.4, -0.2) is 240 Å². The fourth-order valence-electron chi connectivity index (χ4n) is 10.0. The summed E-state index contributed by atoms with van der Waals surface area (Å²) in [5, 5.41) is 26.3. The summed E-state index contributed by atoms with van der Waals surface area (Å²) in [4.78, 5) is 255. The number of unbranched alkanes of at least 4 members (excludes halogenated alkanes) is 8. The van der Waals surface area contributed by atoms with E-state index in [0.29, 0.717) is 77.0 Å². The van der Waals surface area contributed by atoms with Crippen LogP contribution in [0.5, 0.6) is 0 Å². The molecule has 0 aliphatic carbocycles. The molecule has 11 amide bonds. The van der Waals surface area contributed by atoms with E-state index in [4.69, 9.17) is 42.6 Å². The van der Waals surface area contributed by atoms with Gasteiger partial charge in [-0.2, -0.15) is 0 Å². The van der Waals surface area contributed by atoms with Gasteiger partial charge in [-0.3, -0.25) is 67.1 Å². The van der Waals surface area contributed by atoms with Crippen LogP contribution in [0, 0.1) is 0 Å². The molecule has 0 heterocycles. The molecule has 0 spiro atoms. The van der Waals surface area contributed by atoms with Gasteiger partial charge in [0.2, 0.25) is 59.1 Å². The molecular weight excluding hydrogens is 1560 g/mol. The largest absolute Gasteiger partial charge is 0.466 e. The molecule has 7 unspecified atom stereocenters. The molecule has 678 valence electrons. The Kier molecular flexibility index (Phi) is 60.9. The summed E-state index contributed by atoms with van der Waals surface area (Å²) in [6.45, 7) is 16.6. The van der Waals surface area contributed by atoms with E-state index in [0.717, 1.165) is 25.7 Å². The zero-order chi connectivity index (χ0) is 89.4. The Bertz CT molecular complexity index is 3170. The van der Waals surface area contributed by atoms with E-state index >= 15 is 0 Å². The average Bonchev–Trinajstić information content (AvgIpc) is 0.872. The molecule has 0 aliphatic heterocycles. The van der Waals surface area contributed by atoms with Crippen molar-refractivity contribution in [3.05, 3.63) is 0 Å². The van der Waals surface area contributed by atoms with Crippen molar-refractivity contribution in [3.63, 3.8) is 0 Å². The van der Waals surface area contributed by atoms with E-state index in [1.165, 1.54) is 20.8 Å². The highest BCUT2D eigenvalue weighted by molar-refractivity contribution is 5.96. The molecule has 0 saturated carbocycles. The summed E-state index contributed by atoms with van der Waals surface area (Å²) < 4.78 is 47.5. The van der Waals surface area contributed by atoms with Crippen molar-refractivity contribution in [3.8, 4) is 0 Å². The molecule has 0 fully saturated rings. The molecular formula is C80H135N11O28. The van der Waals surface area contributed by atoms with Gasteiger partial charge in [0.05, 0.1) is 79.0 Å². The molecule has 39 heteroatoms. The number of hydrogen-bond donors (Lipinski definition) is 11. The summed E-state index contributed by atoms with van der Waals surface area (Å²) in [6, 6.07) is -10.9. The minimum absolute atomic E-state index is 0.0108. The number of amides is 11. The van der Waals surface area contributed by atoms with Crippen molar-refractivity contribution in [1.29, 1.82) is 0 Å². The fourth-order valence-corrected chi connectivity index (χ4v) is 10.0. The number of nitrogens with one attached hydrogen (secondary N) is 11. The summed E-state index contributed by atoms with van der Waals surface area (Å²) in [7, 11) is 0. The summed E-state index contributed by atoms with van der Waals surface area (Å²) in [5.74, 6) is -16.2. The van der Waals surface area contributed by atoms with Gasteiger partial charge in [-0.1, -0.05) is 107 Å². The van der Waals surface area contributed by atoms with Gasteiger partial charge in [0, 0.05) is 44.9 Å². The van der Waals surface area contributed by atoms with E-state index in [2.05, 4.69) is 58.5 Å². The minimum Gasteiger partial charge on any atom is -0.466 e. The maximum absolute atomic E-state index is 14.7. The van der Waals surface area contributed by atoms with E-state index in [1.807, 2.05) is 55.4 Å². The maximum Gasteiger partial charge on any atom is 0.408 e. The van der Waals surface area contributed by atoms with Crippen molar-refractivity contribution in [1.82, 2.24) is 58.5 Å². The topological polar surface area (TPSA) is 540 Å². The smallest absolute Gasteiger partial charge is 0.408 e. The van der Waals surface area contributed by atoms with Gasteiger partial charge in [0.25, 0.3) is 0 Å². The van der Waals surface area contributed by atoms with Crippen LogP contribution in [0.2, 0.25) is 0 Å². The number of carbonyl (C=O) groups excluding carboxylic acids is 19. The number of alkyl carbamates (subject to hydrolysis) is 1. The van der Waals surface area contributed by atoms with Gasteiger partial charge in [-0.15, -0.1) is 0 Å². The molecule has 0 aromatic rings. The fraction of sp³-hybridized carbons (Fsp3) is 0.762. The number of hydrogen-bond acceptors (Lipinski definition) is 28. The maximum atomic E-state index is 14.7. The Labute approximate surface area is 698 Å². The molecule has 0 aromatic carbocycles. The highest BCUT2D eigenvalue weighted by Gasteiger charge is 2.34. The molecule has 0 radical (unpaired) electrons. The number of rotatable bonds is 67. The first-order valence-electron chi connectivity index (χ1n) is 41.8. The van der Waals surface area contributed by atoms with Crippen LogP contribution in [0.25, 0.3) is 0 Å². The lowest BCUT2D eigenvalue weighted by Gasteiger charge is -2.25. The van der Waals surface area contributed by atoms with Crippen molar-refractivity contribution < 1.29 is 134 Å². The van der Waals surface area contributed by atoms with E-state index in [1.54, 1.807) is 0 Å². The minimum atomic E-state index is -1.86. The molecule has 119 heavy (non-hydrogen) atoms. The van der Waals surface area contributed by atoms with Crippen LogP contribution >= 0.6 is 0 Å². The molecule has 0 bridgehead atoms. The van der Waals surface area contributed by atoms with Gasteiger partial charge >= 0.3 is 53.8 Å². The molecule has 39 nitrogen and oxygen atoms in total. The third kappa shape index (κ3) is 56.7. The van der Waals surface area contributed by atoms with Crippen LogP contribution < -0.4 is 58.5 Å². The Morgan fingerprint density at radius 1 is 0.235 bits per heavy atom. The molecule has 0 aromatic heterocycles. The summed E-state index contributed by atoms with van der Waals surface area (Å²) in [5.41, 5.74) is -1.22. The van der Waals surface area contributed by atoms with Crippen LogP contribution in [0.4, 0.5) is 4.79 Å². The van der Waals surface area contributed by atoms with Crippen molar-refractivity contribution in [2.75, 3.05) is 79.0 Å². The number of ether oxygens (including phenoxy) is 9. The SMILES string of the molecule is CCCCOC(=O)CCC(NC(=O)CNC(=O)CCC(NC(=O)CCC(NC(=O)OC(C)(C)C)C(=O)NC(CCC(=O)NCC(=O)NC(CCC(=O)OCCCC)C(=O)OCCCC)C(=O)NCC(=O)NC(CCC(=O)OCCCC)C(=O)OCCCC)C(=O)NCC(=O)NC(CCC(=O)OCCCC)C(=O)OCCCC)C(=O)OCCCC. The average molecular weight is 1700 g/mol. The standard InChI is InChI=1S/C80H135N11O28/c1-12-20-42-111-68(99)38-31-57(75(106)115-46-24-16-5)86-64(95)50-81-61(92)35-28-54(72(103)83-52-66(97)88-59(77(108)117-48-26-18-7)33-40-70(101)113-44-22-14-3)85-63(94)37-30-56(91-79(110)119-80(9,10)11)74(105)90-55(73(104)84-53-67(98)89-60(78(109)118-49-27-19-8)34-41-71(102)114-45-23-15-4)29-36-62(93)82-51-65(96)87-58(76(107)116-47-25-17-6)32-39-69(100)112-43-21-13-2/h54-60H,12-53H2,1-11H3,(H,81,92)(H,82,93)(H,83,103)(H,84,104)(H,85,94)(H,86,95)(H,87,96)(H,88,97)(H,89,98)(H,90,105)(H,91,110). The zero-order valence-corrected chi connectivity index (χ0v) is 71.7. The van der Waals surface area contributed by atoms with Gasteiger partial charge in [-0.05, 0) is 117 Å². The van der Waals surface area contributed by atoms with E-state index in [9.17, 15) is 91.1 Å². The first-order valence-corrected chi connectivity index (χ1v) is 41.8. The second-order valence-corrected chi connectivity index (χ2v) is 29.0. The third-order valence-corrected chi connectivity index (χ3v) is 17.1. The van der Waals surface area contributed by atoms with Gasteiger partial charge in [-0.25, -0.2) is 24.0 Å². The summed E-state index contributed by atoms with van der Waals surface area (Å²) in [6.07, 6.45) is 2.43. The second kappa shape index (κ2) is 66.6. The molecule has 7 atom stereocenters. The number of carbonyl (C=O) groups is 19. The monoisotopic (exact) mass is 1700 g/mol. The van der Waals surface area contributed by atoms with Gasteiger partial charge < -0.3 is 101 Å². The first kappa shape index (κ1) is 109. The lowest BCUT2D eigenvalue weighted by Crippen LogP contribution is -2.56. The highest BCUT2D eigenvalue weighted by atomic mass is 16.6. The highest BCUT2D eigenvalue weighted by Crippen LogP contribution is 2.14. The van der Waals surface area contributed by atoms with Crippen molar-refractivity contribution >= 4 is 113 Å². The predicted molar refractivity (Wildman–Crippen MR) is 428 cm³/mol. The second-order valence-electron chi connectivity index (χ2n) is 29.0. The summed E-state index contributed by atoms with van der Waals surface area (Å²) >= 11 is 0. The predicted octanol–water partition coefficient (Wildman–Crippen LogP) is 3.46. The lowest BCUT2D eigenvalue weighted by atomic mass is 10.1. The van der Waals surface area contributed by atoms with E-state index < -0.39 is 226 Å². The van der Waals surface area contributed by atoms with Crippen LogP contribution in [0.15, 0.2) is 0 Å². The third-order valence-electron chi connectivity index (χ3n) is 17.1. The quantitative estimate of drug-likeness (QED) is 0.0236. The van der Waals surface area contributed by atoms with Gasteiger partial charge in [0.1, 0.15) is 47.9 Å². The molecule has 0 aliphatic rings. The zero-order valence-electron chi connectivity index (χ0n) is 71.7. The molecule has 0 rings (SSSR count). The Balaban J connectivity index is 7.54. The van der Waals surface area contributed by atoms with Crippen LogP contribution in [0.1, 0.15) is 269 Å². The van der Waals surface area contributed by atoms with Gasteiger partial charge in [0.15, 0.2) is 0 Å². The van der Waals surface area contributed by atoms with Crippen molar-refractivity contribution in [2.24, 2.45) is 0 Å². The van der Waals surface area contributed by atoms with Crippen LogP contribution in [0.3, 0.4) is 0 Å². The molecule has 11 N–H and O–H groups in total. The van der Waals surface area contributed by atoms with E-state index in [-0.39, 0.29) is 104 Å². The Hall–Kier alpha value is -10.3. The first-order chi connectivity index (χ1) is 56.7. The normalized spacial score (nSPS) is 12.6. The Morgan fingerprint density at radius 2 is 0.454 bits per heavy atom. The number of esters is 8. The van der Waals surface area contributed by atoms with Crippen LogP contribution in [-0.2, 0) is 129 Å². The van der Waals surface area contributed by atoms with Crippen molar-refractivity contribution in [2.45, 2.75) is 317 Å². The lowest BCUT2D eigenvalue weighted by molar-refractivity contribution is -0.150.